The van der Waals surface area contributed by atoms with Crippen molar-refractivity contribution in [1.82, 2.24) is 15.2 Å². The predicted molar refractivity (Wildman–Crippen MR) is 87.4 cm³/mol. The molecule has 116 valence electrons. The number of H-pyrrole nitrogens is 1. The number of methoxy groups -OCH3 is 1. The number of aromatic amines is 1. The first-order valence-electron chi connectivity index (χ1n) is 8.46. The molecule has 3 fully saturated rings. The summed E-state index contributed by atoms with van der Waals surface area (Å²) >= 11 is 0. The van der Waals surface area contributed by atoms with Gasteiger partial charge in [-0.05, 0) is 62.0 Å². The van der Waals surface area contributed by atoms with E-state index in [1.807, 2.05) is 0 Å². The molecule has 4 nitrogen and oxygen atoms in total. The summed E-state index contributed by atoms with van der Waals surface area (Å²) < 4.78 is 5.43. The number of nitrogens with one attached hydrogen (secondary N) is 2. The van der Waals surface area contributed by atoms with Gasteiger partial charge in [0, 0.05) is 29.7 Å². The Morgan fingerprint density at radius 1 is 1.27 bits per heavy atom. The Balaban J connectivity index is 1.71. The fourth-order valence-electron chi connectivity index (χ4n) is 5.04. The molecule has 2 aromatic rings. The van der Waals surface area contributed by atoms with Crippen LogP contribution in [0.3, 0.4) is 0 Å². The SMILES string of the molecule is COc1ccc2[nH]c3c(c2c1)CCNC31CN2CCC1CC2. The molecule has 1 aromatic heterocycles. The molecule has 0 radical (unpaired) electrons. The number of ether oxygens (including phenoxy) is 1. The Kier molecular flexibility index (Phi) is 2.65. The zero-order valence-corrected chi connectivity index (χ0v) is 13.1. The molecular formula is C18H23N3O. The van der Waals surface area contributed by atoms with E-state index in [4.69, 9.17) is 4.74 Å². The molecule has 6 rings (SSSR count). The van der Waals surface area contributed by atoms with E-state index in [-0.39, 0.29) is 5.54 Å². The third kappa shape index (κ3) is 1.60. The fraction of sp³-hybridized carbons (Fsp3) is 0.556. The average Bonchev–Trinajstić information content (AvgIpc) is 2.95. The van der Waals surface area contributed by atoms with Crippen LogP contribution in [0.5, 0.6) is 5.75 Å². The molecule has 1 spiro atoms. The van der Waals surface area contributed by atoms with Gasteiger partial charge in [0.2, 0.25) is 0 Å². The second-order valence-corrected chi connectivity index (χ2v) is 7.09. The highest BCUT2D eigenvalue weighted by molar-refractivity contribution is 5.87. The molecule has 22 heavy (non-hydrogen) atoms. The van der Waals surface area contributed by atoms with Gasteiger partial charge in [-0.2, -0.15) is 0 Å². The minimum atomic E-state index is 0.149. The van der Waals surface area contributed by atoms with Crippen molar-refractivity contribution in [3.8, 4) is 5.75 Å². The van der Waals surface area contributed by atoms with Crippen molar-refractivity contribution in [1.29, 1.82) is 0 Å². The fourth-order valence-corrected chi connectivity index (χ4v) is 5.04. The number of piperidine rings is 3. The molecule has 1 atom stereocenters. The molecule has 0 saturated carbocycles. The molecule has 2 bridgehead atoms. The van der Waals surface area contributed by atoms with E-state index in [1.54, 1.807) is 7.11 Å². The lowest BCUT2D eigenvalue weighted by Gasteiger charge is -2.55. The van der Waals surface area contributed by atoms with Crippen LogP contribution in [0.1, 0.15) is 24.1 Å². The highest BCUT2D eigenvalue weighted by Gasteiger charge is 2.50. The van der Waals surface area contributed by atoms with Crippen molar-refractivity contribution in [3.63, 3.8) is 0 Å². The molecule has 3 saturated heterocycles. The minimum Gasteiger partial charge on any atom is -0.497 e. The molecule has 1 aromatic carbocycles. The van der Waals surface area contributed by atoms with Crippen molar-refractivity contribution >= 4 is 10.9 Å². The molecular weight excluding hydrogens is 274 g/mol. The average molecular weight is 297 g/mol. The summed E-state index contributed by atoms with van der Waals surface area (Å²) in [5.74, 6) is 1.72. The summed E-state index contributed by atoms with van der Waals surface area (Å²) in [6.07, 6.45) is 3.76. The molecule has 0 aliphatic carbocycles. The summed E-state index contributed by atoms with van der Waals surface area (Å²) in [7, 11) is 1.75. The van der Waals surface area contributed by atoms with E-state index >= 15 is 0 Å². The van der Waals surface area contributed by atoms with E-state index in [9.17, 15) is 0 Å². The number of aromatic nitrogens is 1. The Morgan fingerprint density at radius 2 is 2.14 bits per heavy atom. The van der Waals surface area contributed by atoms with Gasteiger partial charge < -0.3 is 19.9 Å². The largest absolute Gasteiger partial charge is 0.497 e. The Bertz CT molecular complexity index is 729. The van der Waals surface area contributed by atoms with Crippen molar-refractivity contribution < 1.29 is 4.74 Å². The van der Waals surface area contributed by atoms with Crippen LogP contribution in [-0.4, -0.2) is 43.2 Å². The molecule has 1 unspecified atom stereocenters. The topological polar surface area (TPSA) is 40.3 Å². The van der Waals surface area contributed by atoms with Crippen LogP contribution in [0.25, 0.3) is 10.9 Å². The summed E-state index contributed by atoms with van der Waals surface area (Å²) in [6.45, 7) is 4.80. The molecule has 4 aliphatic heterocycles. The number of fused-ring (bicyclic) bond motifs is 5. The van der Waals surface area contributed by atoms with E-state index in [1.165, 1.54) is 48.1 Å². The summed E-state index contributed by atoms with van der Waals surface area (Å²) in [5, 5.41) is 5.26. The van der Waals surface area contributed by atoms with Gasteiger partial charge in [-0.3, -0.25) is 0 Å². The normalized spacial score (nSPS) is 33.3. The van der Waals surface area contributed by atoms with Gasteiger partial charge in [-0.15, -0.1) is 0 Å². The van der Waals surface area contributed by atoms with Crippen molar-refractivity contribution in [3.05, 3.63) is 29.5 Å². The van der Waals surface area contributed by atoms with Gasteiger partial charge in [0.15, 0.2) is 0 Å². The number of rotatable bonds is 1. The summed E-state index contributed by atoms with van der Waals surface area (Å²) in [5.41, 5.74) is 4.37. The number of hydrogen-bond acceptors (Lipinski definition) is 3. The predicted octanol–water partition coefficient (Wildman–Crippen LogP) is 2.24. The lowest BCUT2D eigenvalue weighted by Crippen LogP contribution is -2.65. The van der Waals surface area contributed by atoms with Crippen molar-refractivity contribution in [2.24, 2.45) is 5.92 Å². The van der Waals surface area contributed by atoms with Gasteiger partial charge in [0.25, 0.3) is 0 Å². The lowest BCUT2D eigenvalue weighted by molar-refractivity contribution is -0.00234. The van der Waals surface area contributed by atoms with Crippen LogP contribution in [0.2, 0.25) is 0 Å². The maximum absolute atomic E-state index is 5.43. The van der Waals surface area contributed by atoms with Crippen molar-refractivity contribution in [2.75, 3.05) is 33.3 Å². The second kappa shape index (κ2) is 4.49. The van der Waals surface area contributed by atoms with Gasteiger partial charge in [0.1, 0.15) is 5.75 Å². The van der Waals surface area contributed by atoms with E-state index < -0.39 is 0 Å². The van der Waals surface area contributed by atoms with Crippen molar-refractivity contribution in [2.45, 2.75) is 24.8 Å². The molecule has 4 aliphatic rings. The maximum Gasteiger partial charge on any atom is 0.119 e. The van der Waals surface area contributed by atoms with Crippen LogP contribution in [-0.2, 0) is 12.0 Å². The first-order valence-corrected chi connectivity index (χ1v) is 8.46. The third-order valence-electron chi connectivity index (χ3n) is 6.13. The van der Waals surface area contributed by atoms with Crippen LogP contribution >= 0.6 is 0 Å². The Labute approximate surface area is 130 Å². The first kappa shape index (κ1) is 13.0. The zero-order valence-electron chi connectivity index (χ0n) is 13.1. The third-order valence-corrected chi connectivity index (χ3v) is 6.13. The highest BCUT2D eigenvalue weighted by Crippen LogP contribution is 2.46. The van der Waals surface area contributed by atoms with Gasteiger partial charge >= 0.3 is 0 Å². The van der Waals surface area contributed by atoms with Crippen LogP contribution in [0.4, 0.5) is 0 Å². The highest BCUT2D eigenvalue weighted by atomic mass is 16.5. The molecule has 2 N–H and O–H groups in total. The Morgan fingerprint density at radius 3 is 2.86 bits per heavy atom. The van der Waals surface area contributed by atoms with Crippen LogP contribution in [0.15, 0.2) is 18.2 Å². The molecule has 5 heterocycles. The van der Waals surface area contributed by atoms with E-state index in [0.29, 0.717) is 0 Å². The van der Waals surface area contributed by atoms with E-state index in [2.05, 4.69) is 33.4 Å². The quantitative estimate of drug-likeness (QED) is 0.848. The number of hydrogen-bond donors (Lipinski definition) is 2. The van der Waals surface area contributed by atoms with Gasteiger partial charge in [-0.25, -0.2) is 0 Å². The zero-order chi connectivity index (χ0) is 14.7. The minimum absolute atomic E-state index is 0.149. The second-order valence-electron chi connectivity index (χ2n) is 7.09. The van der Waals surface area contributed by atoms with Gasteiger partial charge in [-0.1, -0.05) is 0 Å². The smallest absolute Gasteiger partial charge is 0.119 e. The monoisotopic (exact) mass is 297 g/mol. The van der Waals surface area contributed by atoms with Crippen LogP contribution in [0, 0.1) is 5.92 Å². The summed E-state index contributed by atoms with van der Waals surface area (Å²) in [6, 6.07) is 6.42. The Hall–Kier alpha value is -1.52. The molecule has 0 amide bonds. The maximum atomic E-state index is 5.43. The summed E-state index contributed by atoms with van der Waals surface area (Å²) in [4.78, 5) is 6.40. The lowest BCUT2D eigenvalue weighted by atomic mass is 9.68. The van der Waals surface area contributed by atoms with Crippen LogP contribution < -0.4 is 10.1 Å². The first-order chi connectivity index (χ1) is 10.8. The standard InChI is InChI=1S/C18H23N3O/c1-22-13-2-3-16-15(10-13)14-4-7-19-18(17(14)20-16)11-21-8-5-12(18)6-9-21/h2-3,10,12,19-20H,4-9,11H2,1H3. The van der Waals surface area contributed by atoms with Gasteiger partial charge in [0.05, 0.1) is 12.6 Å². The van der Waals surface area contributed by atoms with E-state index in [0.717, 1.165) is 31.2 Å². The number of benzene rings is 1. The number of nitrogens with zero attached hydrogens (tertiary/aromatic N) is 1. The molecule has 4 heteroatoms.